The van der Waals surface area contributed by atoms with Crippen LogP contribution in [0.3, 0.4) is 0 Å². The van der Waals surface area contributed by atoms with E-state index in [-0.39, 0.29) is 5.91 Å². The minimum Gasteiger partial charge on any atom is -0.492 e. The molecule has 2 rings (SSSR count). The van der Waals surface area contributed by atoms with Crippen LogP contribution in [0, 0.1) is 25.2 Å². The zero-order chi connectivity index (χ0) is 17.5. The number of nitrogens with one attached hydrogen (secondary N) is 2. The molecular formula is C17H19N5O2. The molecule has 0 atom stereocenters. The summed E-state index contributed by atoms with van der Waals surface area (Å²) in [5.74, 6) is 0.970. The van der Waals surface area contributed by atoms with Gasteiger partial charge in [0, 0.05) is 18.7 Å². The second-order valence-corrected chi connectivity index (χ2v) is 5.23. The molecule has 0 aliphatic rings. The normalized spacial score (nSPS) is 9.92. The molecule has 0 spiro atoms. The summed E-state index contributed by atoms with van der Waals surface area (Å²) in [5, 5.41) is 23.0. The molecule has 0 aliphatic heterocycles. The number of benzene rings is 1. The average Bonchev–Trinajstić information content (AvgIpc) is 2.54. The first kappa shape index (κ1) is 17.2. The Bertz CT molecular complexity index is 783. The molecule has 1 aromatic heterocycles. The number of carbonyl (C=O) groups is 1. The highest BCUT2D eigenvalue weighted by Crippen LogP contribution is 2.18. The first-order valence-corrected chi connectivity index (χ1v) is 7.49. The number of nitrogens with zero attached hydrogens (tertiary/aromatic N) is 3. The van der Waals surface area contributed by atoms with Crippen LogP contribution < -0.4 is 15.4 Å². The number of aryl methyl sites for hydroxylation is 1. The Morgan fingerprint density at radius 3 is 2.83 bits per heavy atom. The van der Waals surface area contributed by atoms with Crippen molar-refractivity contribution in [3.63, 3.8) is 0 Å². The lowest BCUT2D eigenvalue weighted by Gasteiger charge is -2.11. The first-order chi connectivity index (χ1) is 11.5. The van der Waals surface area contributed by atoms with E-state index in [1.54, 1.807) is 18.2 Å². The van der Waals surface area contributed by atoms with Gasteiger partial charge >= 0.3 is 0 Å². The van der Waals surface area contributed by atoms with Gasteiger partial charge in [-0.1, -0.05) is 6.07 Å². The Kier molecular flexibility index (Phi) is 5.68. The highest BCUT2D eigenvalue weighted by molar-refractivity contribution is 5.88. The second-order valence-electron chi connectivity index (χ2n) is 5.23. The Balaban J connectivity index is 1.91. The summed E-state index contributed by atoms with van der Waals surface area (Å²) in [7, 11) is 0. The van der Waals surface area contributed by atoms with E-state index < -0.39 is 0 Å². The van der Waals surface area contributed by atoms with Crippen molar-refractivity contribution in [1.29, 1.82) is 5.26 Å². The number of rotatable bonds is 6. The number of hydrogen-bond acceptors (Lipinski definition) is 6. The van der Waals surface area contributed by atoms with E-state index in [1.807, 2.05) is 19.9 Å². The van der Waals surface area contributed by atoms with Crippen molar-refractivity contribution >= 4 is 17.4 Å². The van der Waals surface area contributed by atoms with Gasteiger partial charge in [-0.25, -0.2) is 0 Å². The van der Waals surface area contributed by atoms with Crippen molar-refractivity contribution in [3.8, 4) is 11.8 Å². The third-order valence-corrected chi connectivity index (χ3v) is 3.38. The number of ether oxygens (including phenoxy) is 1. The van der Waals surface area contributed by atoms with Crippen LogP contribution in [0.15, 0.2) is 24.3 Å². The largest absolute Gasteiger partial charge is 0.492 e. The van der Waals surface area contributed by atoms with Crippen LogP contribution in [0.2, 0.25) is 0 Å². The summed E-state index contributed by atoms with van der Waals surface area (Å²) in [6.07, 6.45) is 0. The molecule has 1 amide bonds. The lowest BCUT2D eigenvalue weighted by Crippen LogP contribution is -2.15. The monoisotopic (exact) mass is 325 g/mol. The fourth-order valence-electron chi connectivity index (χ4n) is 2.07. The molecule has 24 heavy (non-hydrogen) atoms. The van der Waals surface area contributed by atoms with E-state index in [0.717, 1.165) is 11.3 Å². The molecule has 2 aromatic rings. The summed E-state index contributed by atoms with van der Waals surface area (Å²) >= 11 is 0. The lowest BCUT2D eigenvalue weighted by atomic mass is 10.1. The molecule has 7 heteroatoms. The zero-order valence-electron chi connectivity index (χ0n) is 13.9. The van der Waals surface area contributed by atoms with E-state index >= 15 is 0 Å². The van der Waals surface area contributed by atoms with Gasteiger partial charge in [0.25, 0.3) is 0 Å². The molecule has 0 fully saturated rings. The SMILES string of the molecule is CC(=O)Nc1cccc(OCCNc2nnc(C)c(C)c2C#N)c1. The molecule has 7 nitrogen and oxygen atoms in total. The molecule has 0 saturated carbocycles. The van der Waals surface area contributed by atoms with Crippen molar-refractivity contribution in [2.75, 3.05) is 23.8 Å². The van der Waals surface area contributed by atoms with Crippen molar-refractivity contribution in [3.05, 3.63) is 41.1 Å². The Morgan fingerprint density at radius 2 is 2.12 bits per heavy atom. The summed E-state index contributed by atoms with van der Waals surface area (Å²) in [5.41, 5.74) is 2.73. The highest BCUT2D eigenvalue weighted by atomic mass is 16.5. The van der Waals surface area contributed by atoms with Gasteiger partial charge in [-0.15, -0.1) is 5.10 Å². The number of aromatic nitrogens is 2. The van der Waals surface area contributed by atoms with Crippen molar-refractivity contribution in [2.24, 2.45) is 0 Å². The molecule has 0 aliphatic carbocycles. The van der Waals surface area contributed by atoms with Crippen LogP contribution in [0.25, 0.3) is 0 Å². The number of nitriles is 1. The summed E-state index contributed by atoms with van der Waals surface area (Å²) in [6.45, 7) is 5.96. The van der Waals surface area contributed by atoms with Crippen LogP contribution >= 0.6 is 0 Å². The predicted molar refractivity (Wildman–Crippen MR) is 91.0 cm³/mol. The molecule has 0 bridgehead atoms. The molecular weight excluding hydrogens is 306 g/mol. The van der Waals surface area contributed by atoms with Gasteiger partial charge in [-0.3, -0.25) is 4.79 Å². The highest BCUT2D eigenvalue weighted by Gasteiger charge is 2.10. The van der Waals surface area contributed by atoms with E-state index in [4.69, 9.17) is 4.74 Å². The van der Waals surface area contributed by atoms with Gasteiger partial charge < -0.3 is 15.4 Å². The predicted octanol–water partition coefficient (Wildman–Crippen LogP) is 2.41. The van der Waals surface area contributed by atoms with Crippen molar-refractivity contribution < 1.29 is 9.53 Å². The van der Waals surface area contributed by atoms with Gasteiger partial charge in [0.05, 0.1) is 12.2 Å². The second kappa shape index (κ2) is 7.92. The quantitative estimate of drug-likeness (QED) is 0.791. The van der Waals surface area contributed by atoms with Gasteiger partial charge in [0.15, 0.2) is 5.82 Å². The van der Waals surface area contributed by atoms with E-state index in [0.29, 0.717) is 36.0 Å². The van der Waals surface area contributed by atoms with Crippen molar-refractivity contribution in [2.45, 2.75) is 20.8 Å². The molecule has 2 N–H and O–H groups in total. The van der Waals surface area contributed by atoms with Crippen LogP contribution in [0.1, 0.15) is 23.7 Å². The van der Waals surface area contributed by atoms with Gasteiger partial charge in [-0.05, 0) is 31.5 Å². The molecule has 0 radical (unpaired) electrons. The molecule has 0 unspecified atom stereocenters. The van der Waals surface area contributed by atoms with Gasteiger partial charge in [0.1, 0.15) is 24.0 Å². The average molecular weight is 325 g/mol. The van der Waals surface area contributed by atoms with E-state index in [2.05, 4.69) is 26.9 Å². The number of hydrogen-bond donors (Lipinski definition) is 2. The zero-order valence-corrected chi connectivity index (χ0v) is 13.9. The standard InChI is InChI=1S/C17H19N5O2/c1-11-12(2)21-22-17(16(11)10-18)19-7-8-24-15-6-4-5-14(9-15)20-13(3)23/h4-6,9H,7-8H2,1-3H3,(H,19,22)(H,20,23). The summed E-state index contributed by atoms with van der Waals surface area (Å²) in [4.78, 5) is 11.1. The minimum absolute atomic E-state index is 0.133. The molecule has 124 valence electrons. The third-order valence-electron chi connectivity index (χ3n) is 3.38. The lowest BCUT2D eigenvalue weighted by molar-refractivity contribution is -0.114. The van der Waals surface area contributed by atoms with Gasteiger partial charge in [0.2, 0.25) is 5.91 Å². The summed E-state index contributed by atoms with van der Waals surface area (Å²) < 4.78 is 5.63. The molecule has 1 heterocycles. The maximum atomic E-state index is 11.1. The maximum Gasteiger partial charge on any atom is 0.221 e. The summed E-state index contributed by atoms with van der Waals surface area (Å²) in [6, 6.07) is 9.29. The molecule has 0 saturated heterocycles. The van der Waals surface area contributed by atoms with E-state index in [9.17, 15) is 10.1 Å². The minimum atomic E-state index is -0.133. The van der Waals surface area contributed by atoms with Crippen LogP contribution in [-0.4, -0.2) is 29.3 Å². The topological polar surface area (TPSA) is 99.9 Å². The van der Waals surface area contributed by atoms with Gasteiger partial charge in [-0.2, -0.15) is 10.4 Å². The Hall–Kier alpha value is -3.14. The fraction of sp³-hybridized carbons (Fsp3) is 0.294. The smallest absolute Gasteiger partial charge is 0.221 e. The third kappa shape index (κ3) is 4.43. The first-order valence-electron chi connectivity index (χ1n) is 7.49. The Morgan fingerprint density at radius 1 is 1.33 bits per heavy atom. The Labute approximate surface area is 140 Å². The number of carbonyl (C=O) groups excluding carboxylic acids is 1. The van der Waals surface area contributed by atoms with Crippen LogP contribution in [-0.2, 0) is 4.79 Å². The van der Waals surface area contributed by atoms with Crippen molar-refractivity contribution in [1.82, 2.24) is 10.2 Å². The van der Waals surface area contributed by atoms with E-state index in [1.165, 1.54) is 6.92 Å². The fourth-order valence-corrected chi connectivity index (χ4v) is 2.07. The molecule has 1 aromatic carbocycles. The maximum absolute atomic E-state index is 11.1. The number of amides is 1. The number of anilines is 2. The van der Waals surface area contributed by atoms with Crippen LogP contribution in [0.5, 0.6) is 5.75 Å². The van der Waals surface area contributed by atoms with Crippen LogP contribution in [0.4, 0.5) is 11.5 Å².